The Kier molecular flexibility index (Phi) is 5.82. The van der Waals surface area contributed by atoms with Crippen LogP contribution in [0.2, 0.25) is 0 Å². The third-order valence-corrected chi connectivity index (χ3v) is 3.65. The molecule has 0 saturated carbocycles. The van der Waals surface area contributed by atoms with E-state index in [-0.39, 0.29) is 12.0 Å². The summed E-state index contributed by atoms with van der Waals surface area (Å²) in [6, 6.07) is 5.77. The molecule has 0 aliphatic carbocycles. The molecule has 3 nitrogen and oxygen atoms in total. The Morgan fingerprint density at radius 1 is 1.50 bits per heavy atom. The summed E-state index contributed by atoms with van der Waals surface area (Å²) >= 11 is 3.51. The first kappa shape index (κ1) is 15.2. The van der Waals surface area contributed by atoms with Gasteiger partial charge in [-0.15, -0.1) is 0 Å². The maximum atomic E-state index is 11.9. The number of nitrogens with one attached hydrogen (secondary N) is 1. The van der Waals surface area contributed by atoms with Crippen LogP contribution in [0.1, 0.15) is 37.4 Å². The molecular weight excluding hydrogens is 294 g/mol. The van der Waals surface area contributed by atoms with Crippen molar-refractivity contribution < 1.29 is 9.53 Å². The molecule has 0 aliphatic rings. The van der Waals surface area contributed by atoms with E-state index in [1.807, 2.05) is 25.1 Å². The Bertz CT molecular complexity index is 420. The topological polar surface area (TPSA) is 38.3 Å². The highest BCUT2D eigenvalue weighted by Crippen LogP contribution is 2.26. The molecule has 0 aromatic heterocycles. The highest BCUT2D eigenvalue weighted by atomic mass is 79.9. The molecule has 1 N–H and O–H groups in total. The summed E-state index contributed by atoms with van der Waals surface area (Å²) in [4.78, 5) is 11.9. The van der Waals surface area contributed by atoms with E-state index in [2.05, 4.69) is 35.1 Å². The van der Waals surface area contributed by atoms with E-state index in [0.29, 0.717) is 0 Å². The number of carbonyl (C=O) groups is 1. The Morgan fingerprint density at radius 3 is 2.67 bits per heavy atom. The minimum Gasteiger partial charge on any atom is -0.468 e. The average Bonchev–Trinajstić information content (AvgIpc) is 2.35. The number of ether oxygens (including phenoxy) is 1. The third-order valence-electron chi connectivity index (χ3n) is 2.97. The normalized spacial score (nSPS) is 14.1. The first-order valence-electron chi connectivity index (χ1n) is 6.09. The van der Waals surface area contributed by atoms with Gasteiger partial charge >= 0.3 is 5.97 Å². The third kappa shape index (κ3) is 3.82. The molecule has 2 unspecified atom stereocenters. The van der Waals surface area contributed by atoms with E-state index in [4.69, 9.17) is 4.74 Å². The highest BCUT2D eigenvalue weighted by Gasteiger charge is 2.24. The number of esters is 1. The second-order valence-corrected chi connectivity index (χ2v) is 5.31. The molecule has 0 aliphatic heterocycles. The molecule has 1 aromatic carbocycles. The van der Waals surface area contributed by atoms with Crippen LogP contribution >= 0.6 is 15.9 Å². The van der Waals surface area contributed by atoms with Crippen LogP contribution in [0.25, 0.3) is 0 Å². The van der Waals surface area contributed by atoms with Crippen molar-refractivity contribution >= 4 is 21.9 Å². The van der Waals surface area contributed by atoms with Crippen LogP contribution < -0.4 is 5.32 Å². The maximum Gasteiger partial charge on any atom is 0.327 e. The first-order valence-corrected chi connectivity index (χ1v) is 6.88. The maximum absolute atomic E-state index is 11.9. The van der Waals surface area contributed by atoms with Gasteiger partial charge in [-0.1, -0.05) is 35.0 Å². The fourth-order valence-corrected chi connectivity index (χ4v) is 2.39. The molecular formula is C14H20BrNO2. The van der Waals surface area contributed by atoms with Crippen molar-refractivity contribution in [3.8, 4) is 0 Å². The Hall–Kier alpha value is -0.870. The second-order valence-electron chi connectivity index (χ2n) is 4.46. The highest BCUT2D eigenvalue weighted by molar-refractivity contribution is 9.10. The predicted molar refractivity (Wildman–Crippen MR) is 76.5 cm³/mol. The SMILES string of the molecule is CCC(C)NC(C(=O)OC)c1ccc(C)cc1Br. The standard InChI is InChI=1S/C14H20BrNO2/c1-5-10(3)16-13(14(17)18-4)11-7-6-9(2)8-12(11)15/h6-8,10,13,16H,5H2,1-4H3. The number of carbonyl (C=O) groups excluding carboxylic acids is 1. The van der Waals surface area contributed by atoms with Crippen molar-refractivity contribution in [2.45, 2.75) is 39.3 Å². The molecule has 0 bridgehead atoms. The lowest BCUT2D eigenvalue weighted by atomic mass is 10.0. The summed E-state index contributed by atoms with van der Waals surface area (Å²) in [6.07, 6.45) is 0.955. The Balaban J connectivity index is 3.05. The summed E-state index contributed by atoms with van der Waals surface area (Å²) in [6.45, 7) is 6.15. The van der Waals surface area contributed by atoms with Gasteiger partial charge in [-0.3, -0.25) is 5.32 Å². The zero-order chi connectivity index (χ0) is 13.7. The Labute approximate surface area is 117 Å². The summed E-state index contributed by atoms with van der Waals surface area (Å²) in [5.74, 6) is -0.264. The minimum atomic E-state index is -0.431. The summed E-state index contributed by atoms with van der Waals surface area (Å²) in [5, 5.41) is 3.29. The predicted octanol–water partition coefficient (Wildman–Crippen LogP) is 3.36. The summed E-state index contributed by atoms with van der Waals surface area (Å²) < 4.78 is 5.80. The van der Waals surface area contributed by atoms with E-state index in [1.165, 1.54) is 7.11 Å². The molecule has 2 atom stereocenters. The lowest BCUT2D eigenvalue weighted by molar-refractivity contribution is -0.143. The van der Waals surface area contributed by atoms with Crippen molar-refractivity contribution in [2.75, 3.05) is 7.11 Å². The van der Waals surface area contributed by atoms with Gasteiger partial charge in [-0.2, -0.15) is 0 Å². The van der Waals surface area contributed by atoms with Crippen molar-refractivity contribution in [1.29, 1.82) is 0 Å². The molecule has 18 heavy (non-hydrogen) atoms. The van der Waals surface area contributed by atoms with Crippen LogP contribution in [-0.2, 0) is 9.53 Å². The monoisotopic (exact) mass is 313 g/mol. The molecule has 1 rings (SSSR count). The van der Waals surface area contributed by atoms with E-state index >= 15 is 0 Å². The van der Waals surface area contributed by atoms with Gasteiger partial charge in [0.2, 0.25) is 0 Å². The number of methoxy groups -OCH3 is 1. The number of rotatable bonds is 5. The van der Waals surface area contributed by atoms with Gasteiger partial charge in [-0.05, 0) is 37.5 Å². The van der Waals surface area contributed by atoms with Crippen LogP contribution in [0.15, 0.2) is 22.7 Å². The number of hydrogen-bond acceptors (Lipinski definition) is 3. The average molecular weight is 314 g/mol. The van der Waals surface area contributed by atoms with Gasteiger partial charge in [0.15, 0.2) is 0 Å². The van der Waals surface area contributed by atoms with E-state index in [1.54, 1.807) is 0 Å². The molecule has 4 heteroatoms. The molecule has 0 spiro atoms. The number of halogens is 1. The van der Waals surface area contributed by atoms with Gasteiger partial charge in [0.05, 0.1) is 7.11 Å². The fourth-order valence-electron chi connectivity index (χ4n) is 1.67. The Morgan fingerprint density at radius 2 is 2.17 bits per heavy atom. The zero-order valence-electron chi connectivity index (χ0n) is 11.3. The van der Waals surface area contributed by atoms with Crippen LogP contribution in [0.3, 0.4) is 0 Å². The number of aryl methyl sites for hydroxylation is 1. The van der Waals surface area contributed by atoms with Gasteiger partial charge in [0, 0.05) is 10.5 Å². The molecule has 0 heterocycles. The number of hydrogen-bond donors (Lipinski definition) is 1. The van der Waals surface area contributed by atoms with E-state index in [0.717, 1.165) is 22.0 Å². The van der Waals surface area contributed by atoms with Gasteiger partial charge < -0.3 is 4.74 Å². The smallest absolute Gasteiger partial charge is 0.327 e. The van der Waals surface area contributed by atoms with E-state index < -0.39 is 6.04 Å². The second kappa shape index (κ2) is 6.90. The molecule has 0 radical (unpaired) electrons. The van der Waals surface area contributed by atoms with Crippen molar-refractivity contribution in [3.63, 3.8) is 0 Å². The van der Waals surface area contributed by atoms with Crippen LogP contribution in [0, 0.1) is 6.92 Å². The van der Waals surface area contributed by atoms with Crippen molar-refractivity contribution in [3.05, 3.63) is 33.8 Å². The van der Waals surface area contributed by atoms with Crippen LogP contribution in [-0.4, -0.2) is 19.1 Å². The molecule has 100 valence electrons. The number of benzene rings is 1. The summed E-state index contributed by atoms with van der Waals surface area (Å²) in [5.41, 5.74) is 2.06. The van der Waals surface area contributed by atoms with Gasteiger partial charge in [0.25, 0.3) is 0 Å². The summed E-state index contributed by atoms with van der Waals surface area (Å²) in [7, 11) is 1.41. The largest absolute Gasteiger partial charge is 0.468 e. The molecule has 0 amide bonds. The lowest BCUT2D eigenvalue weighted by Crippen LogP contribution is -2.35. The van der Waals surface area contributed by atoms with E-state index in [9.17, 15) is 4.79 Å². The van der Waals surface area contributed by atoms with Crippen LogP contribution in [0.4, 0.5) is 0 Å². The lowest BCUT2D eigenvalue weighted by Gasteiger charge is -2.22. The zero-order valence-corrected chi connectivity index (χ0v) is 12.9. The minimum absolute atomic E-state index is 0.252. The first-order chi connectivity index (χ1) is 8.49. The molecule has 1 aromatic rings. The van der Waals surface area contributed by atoms with Crippen LogP contribution in [0.5, 0.6) is 0 Å². The molecule has 0 saturated heterocycles. The fraction of sp³-hybridized carbons (Fsp3) is 0.500. The molecule has 0 fully saturated rings. The van der Waals surface area contributed by atoms with Gasteiger partial charge in [-0.25, -0.2) is 4.79 Å². The quantitative estimate of drug-likeness (QED) is 0.847. The van der Waals surface area contributed by atoms with Crippen molar-refractivity contribution in [2.24, 2.45) is 0 Å². The van der Waals surface area contributed by atoms with Crippen molar-refractivity contribution in [1.82, 2.24) is 5.32 Å². The van der Waals surface area contributed by atoms with Gasteiger partial charge in [0.1, 0.15) is 6.04 Å².